The highest BCUT2D eigenvalue weighted by Gasteiger charge is 2.14. The van der Waals surface area contributed by atoms with Gasteiger partial charge >= 0.3 is 0 Å². The van der Waals surface area contributed by atoms with Crippen LogP contribution in [-0.4, -0.2) is 20.7 Å². The van der Waals surface area contributed by atoms with Gasteiger partial charge in [0.25, 0.3) is 0 Å². The third-order valence-corrected chi connectivity index (χ3v) is 2.62. The summed E-state index contributed by atoms with van der Waals surface area (Å²) in [6, 6.07) is 5.69. The molecule has 0 aliphatic carbocycles. The average molecular weight is 253 g/mol. The Morgan fingerprint density at radius 1 is 1.57 bits per heavy atom. The van der Waals surface area contributed by atoms with Crippen LogP contribution in [0.25, 0.3) is 5.52 Å². The zero-order valence-electron chi connectivity index (χ0n) is 7.70. The van der Waals surface area contributed by atoms with Crippen molar-refractivity contribution >= 4 is 27.2 Å². The molecule has 2 aromatic rings. The van der Waals surface area contributed by atoms with Gasteiger partial charge in [0.1, 0.15) is 0 Å². The number of hydrogen-bond donors (Lipinski definition) is 0. The van der Waals surface area contributed by atoms with E-state index >= 15 is 0 Å². The molecule has 14 heavy (non-hydrogen) atoms. The van der Waals surface area contributed by atoms with Crippen LogP contribution in [0.2, 0.25) is 0 Å². The molecule has 72 valence electrons. The van der Waals surface area contributed by atoms with E-state index in [4.69, 9.17) is 0 Å². The van der Waals surface area contributed by atoms with Gasteiger partial charge in [0.2, 0.25) is 0 Å². The minimum absolute atomic E-state index is 0.0729. The zero-order chi connectivity index (χ0) is 10.1. The third-order valence-electron chi connectivity index (χ3n) is 2.12. The van der Waals surface area contributed by atoms with Gasteiger partial charge in [0.15, 0.2) is 5.78 Å². The van der Waals surface area contributed by atoms with E-state index in [2.05, 4.69) is 21.0 Å². The molecule has 2 rings (SSSR count). The second-order valence-corrected chi connectivity index (χ2v) is 3.61. The molecule has 0 N–H and O–H groups in total. The second-order valence-electron chi connectivity index (χ2n) is 3.05. The van der Waals surface area contributed by atoms with Crippen molar-refractivity contribution in [2.75, 3.05) is 5.33 Å². The first kappa shape index (κ1) is 9.40. The van der Waals surface area contributed by atoms with Crippen LogP contribution < -0.4 is 0 Å². The van der Waals surface area contributed by atoms with Crippen molar-refractivity contribution in [1.82, 2.24) is 9.61 Å². The number of aromatic nitrogens is 2. The molecule has 0 atom stereocenters. The van der Waals surface area contributed by atoms with Gasteiger partial charge in [0, 0.05) is 6.20 Å². The summed E-state index contributed by atoms with van der Waals surface area (Å²) in [5, 5.41) is 4.59. The van der Waals surface area contributed by atoms with Gasteiger partial charge in [-0.25, -0.2) is 4.52 Å². The van der Waals surface area contributed by atoms with Gasteiger partial charge in [-0.3, -0.25) is 4.79 Å². The van der Waals surface area contributed by atoms with Crippen LogP contribution in [0.15, 0.2) is 24.4 Å². The highest BCUT2D eigenvalue weighted by Crippen LogP contribution is 2.16. The monoisotopic (exact) mass is 252 g/mol. The van der Waals surface area contributed by atoms with Crippen molar-refractivity contribution in [3.05, 3.63) is 35.7 Å². The maximum atomic E-state index is 11.6. The third kappa shape index (κ3) is 1.35. The number of halogens is 1. The Hall–Kier alpha value is -1.16. The molecule has 2 aromatic heterocycles. The van der Waals surface area contributed by atoms with Crippen molar-refractivity contribution in [1.29, 1.82) is 0 Å². The number of pyridine rings is 1. The lowest BCUT2D eigenvalue weighted by molar-refractivity contribution is 0.102. The topological polar surface area (TPSA) is 34.4 Å². The maximum absolute atomic E-state index is 11.6. The molecule has 0 aromatic carbocycles. The maximum Gasteiger partial charge on any atom is 0.177 e. The average Bonchev–Trinajstić information content (AvgIpc) is 2.53. The summed E-state index contributed by atoms with van der Waals surface area (Å²) < 4.78 is 1.73. The number of ketones is 1. The summed E-state index contributed by atoms with van der Waals surface area (Å²) in [5.74, 6) is 0.0729. The molecular formula is C10H9BrN2O. The number of aryl methyl sites for hydroxylation is 1. The van der Waals surface area contributed by atoms with Crippen LogP contribution in [0.4, 0.5) is 0 Å². The molecule has 0 saturated heterocycles. The molecule has 0 aliphatic rings. The first-order valence-electron chi connectivity index (χ1n) is 4.27. The van der Waals surface area contributed by atoms with Crippen LogP contribution in [0.5, 0.6) is 0 Å². The minimum atomic E-state index is 0.0729. The van der Waals surface area contributed by atoms with E-state index in [-0.39, 0.29) is 5.78 Å². The van der Waals surface area contributed by atoms with Gasteiger partial charge in [-0.05, 0) is 19.1 Å². The zero-order valence-corrected chi connectivity index (χ0v) is 9.28. The quantitative estimate of drug-likeness (QED) is 0.607. The van der Waals surface area contributed by atoms with Gasteiger partial charge in [-0.2, -0.15) is 5.10 Å². The Kier molecular flexibility index (Phi) is 2.37. The Labute approximate surface area is 89.9 Å². The molecule has 0 radical (unpaired) electrons. The molecule has 0 amide bonds. The molecule has 0 unspecified atom stereocenters. The fourth-order valence-corrected chi connectivity index (χ4v) is 1.81. The van der Waals surface area contributed by atoms with Crippen LogP contribution in [0.1, 0.15) is 16.1 Å². The molecule has 0 saturated carbocycles. The van der Waals surface area contributed by atoms with Gasteiger partial charge in [-0.1, -0.05) is 22.0 Å². The number of carbonyl (C=O) groups excluding carboxylic acids is 1. The van der Waals surface area contributed by atoms with Crippen LogP contribution >= 0.6 is 15.9 Å². The number of nitrogens with zero attached hydrogens (tertiary/aromatic N) is 2. The molecule has 0 spiro atoms. The number of carbonyl (C=O) groups is 1. The first-order valence-corrected chi connectivity index (χ1v) is 5.39. The highest BCUT2D eigenvalue weighted by molar-refractivity contribution is 9.09. The fourth-order valence-electron chi connectivity index (χ4n) is 1.53. The van der Waals surface area contributed by atoms with E-state index in [1.54, 1.807) is 4.52 Å². The number of fused-ring (bicyclic) bond motifs is 1. The molecule has 3 nitrogen and oxygen atoms in total. The van der Waals surface area contributed by atoms with Crippen LogP contribution in [-0.2, 0) is 0 Å². The largest absolute Gasteiger partial charge is 0.293 e. The van der Waals surface area contributed by atoms with Crippen LogP contribution in [0.3, 0.4) is 0 Å². The van der Waals surface area contributed by atoms with E-state index in [1.807, 2.05) is 31.3 Å². The van der Waals surface area contributed by atoms with E-state index in [0.29, 0.717) is 10.9 Å². The summed E-state index contributed by atoms with van der Waals surface area (Å²) in [6.45, 7) is 1.85. The fraction of sp³-hybridized carbons (Fsp3) is 0.200. The molecule has 0 bridgehead atoms. The summed E-state index contributed by atoms with van der Waals surface area (Å²) in [5.41, 5.74) is 2.36. The van der Waals surface area contributed by atoms with Crippen molar-refractivity contribution < 1.29 is 4.79 Å². The Morgan fingerprint density at radius 3 is 3.07 bits per heavy atom. The van der Waals surface area contributed by atoms with Gasteiger partial charge in [-0.15, -0.1) is 0 Å². The minimum Gasteiger partial charge on any atom is -0.293 e. The standard InChI is InChI=1S/C10H9BrN2O/c1-7-10(9(14)6-11)8-4-2-3-5-13(8)12-7/h2-5H,6H2,1H3. The smallest absolute Gasteiger partial charge is 0.177 e. The molecular weight excluding hydrogens is 244 g/mol. The Morgan fingerprint density at radius 2 is 2.36 bits per heavy atom. The van der Waals surface area contributed by atoms with Crippen molar-refractivity contribution in [3.63, 3.8) is 0 Å². The van der Waals surface area contributed by atoms with Gasteiger partial charge < -0.3 is 0 Å². The van der Waals surface area contributed by atoms with Crippen molar-refractivity contribution in [3.8, 4) is 0 Å². The number of alkyl halides is 1. The van der Waals surface area contributed by atoms with E-state index in [0.717, 1.165) is 11.2 Å². The van der Waals surface area contributed by atoms with Crippen molar-refractivity contribution in [2.45, 2.75) is 6.92 Å². The number of Topliss-reactive ketones (excluding diaryl/α,β-unsaturated/α-hetero) is 1. The van der Waals surface area contributed by atoms with E-state index < -0.39 is 0 Å². The van der Waals surface area contributed by atoms with Gasteiger partial charge in [0.05, 0.1) is 22.1 Å². The van der Waals surface area contributed by atoms with E-state index in [1.165, 1.54) is 0 Å². The number of hydrogen-bond acceptors (Lipinski definition) is 2. The predicted molar refractivity (Wildman–Crippen MR) is 58.1 cm³/mol. The lowest BCUT2D eigenvalue weighted by atomic mass is 10.1. The summed E-state index contributed by atoms with van der Waals surface area (Å²) in [4.78, 5) is 11.6. The summed E-state index contributed by atoms with van der Waals surface area (Å²) in [7, 11) is 0. The highest BCUT2D eigenvalue weighted by atomic mass is 79.9. The summed E-state index contributed by atoms with van der Waals surface area (Å²) >= 11 is 3.17. The SMILES string of the molecule is Cc1nn2ccccc2c1C(=O)CBr. The summed E-state index contributed by atoms with van der Waals surface area (Å²) in [6.07, 6.45) is 1.84. The molecule has 2 heterocycles. The van der Waals surface area contributed by atoms with E-state index in [9.17, 15) is 4.79 Å². The predicted octanol–water partition coefficient (Wildman–Crippen LogP) is 2.22. The van der Waals surface area contributed by atoms with Crippen LogP contribution in [0, 0.1) is 6.92 Å². The molecule has 0 fully saturated rings. The number of rotatable bonds is 2. The first-order chi connectivity index (χ1) is 6.74. The second kappa shape index (κ2) is 3.53. The Balaban J connectivity index is 2.74. The lowest BCUT2D eigenvalue weighted by Gasteiger charge is -1.94. The normalized spacial score (nSPS) is 10.7. The Bertz CT molecular complexity index is 490. The van der Waals surface area contributed by atoms with Crippen molar-refractivity contribution in [2.24, 2.45) is 0 Å². The lowest BCUT2D eigenvalue weighted by Crippen LogP contribution is -2.00. The molecule has 4 heteroatoms. The molecule has 0 aliphatic heterocycles.